The lowest BCUT2D eigenvalue weighted by atomic mass is 9.94. The van der Waals surface area contributed by atoms with Gasteiger partial charge in [0.2, 0.25) is 0 Å². The van der Waals surface area contributed by atoms with Gasteiger partial charge in [-0.15, -0.1) is 0 Å². The van der Waals surface area contributed by atoms with Crippen LogP contribution < -0.4 is 0 Å². The van der Waals surface area contributed by atoms with Gasteiger partial charge in [-0.3, -0.25) is 9.69 Å². The number of carbonyl (C=O) groups excluding carboxylic acids is 1. The lowest BCUT2D eigenvalue weighted by molar-refractivity contribution is 0.0814. The number of carbonyl (C=O) groups is 1. The molecule has 0 aliphatic heterocycles. The summed E-state index contributed by atoms with van der Waals surface area (Å²) in [5, 5.41) is 9.81. The van der Waals surface area contributed by atoms with Gasteiger partial charge < -0.3 is 5.11 Å². The molecule has 3 nitrogen and oxygen atoms in total. The number of hydrogen-bond donors (Lipinski definition) is 1. The highest BCUT2D eigenvalue weighted by molar-refractivity contribution is 6.31. The predicted molar refractivity (Wildman–Crippen MR) is 81.3 cm³/mol. The van der Waals surface area contributed by atoms with E-state index in [1.165, 1.54) is 19.3 Å². The van der Waals surface area contributed by atoms with Gasteiger partial charge in [-0.25, -0.2) is 0 Å². The third kappa shape index (κ3) is 4.30. The molecule has 1 aliphatic carbocycles. The Bertz CT molecular complexity index is 444. The molecule has 1 aliphatic rings. The second kappa shape index (κ2) is 7.77. The second-order valence-corrected chi connectivity index (χ2v) is 5.86. The van der Waals surface area contributed by atoms with Gasteiger partial charge in [0.05, 0.1) is 13.2 Å². The molecule has 0 radical (unpaired) electrons. The fourth-order valence-corrected chi connectivity index (χ4v) is 3.09. The van der Waals surface area contributed by atoms with Crippen LogP contribution in [0.1, 0.15) is 42.5 Å². The molecule has 20 heavy (non-hydrogen) atoms. The van der Waals surface area contributed by atoms with Crippen molar-refractivity contribution in [3.8, 4) is 0 Å². The molecular formula is C16H22ClNO2. The molecule has 2 rings (SSSR count). The van der Waals surface area contributed by atoms with Gasteiger partial charge >= 0.3 is 0 Å². The minimum atomic E-state index is 0.0755. The molecule has 1 fully saturated rings. The van der Waals surface area contributed by atoms with Gasteiger partial charge in [0.1, 0.15) is 0 Å². The number of benzene rings is 1. The summed E-state index contributed by atoms with van der Waals surface area (Å²) in [7, 11) is 0. The summed E-state index contributed by atoms with van der Waals surface area (Å²) in [5.41, 5.74) is 0.649. The van der Waals surface area contributed by atoms with Crippen molar-refractivity contribution in [3.05, 3.63) is 34.9 Å². The largest absolute Gasteiger partial charge is 0.395 e. The minimum Gasteiger partial charge on any atom is -0.395 e. The Labute approximate surface area is 125 Å². The first-order valence-corrected chi connectivity index (χ1v) is 7.72. The Morgan fingerprint density at radius 3 is 2.70 bits per heavy atom. The molecule has 0 saturated heterocycles. The third-order valence-corrected chi connectivity index (χ3v) is 4.21. The van der Waals surface area contributed by atoms with Crippen molar-refractivity contribution >= 4 is 17.4 Å². The van der Waals surface area contributed by atoms with Gasteiger partial charge in [-0.1, -0.05) is 43.0 Å². The molecular weight excluding hydrogens is 274 g/mol. The number of rotatable bonds is 6. The number of Topliss-reactive ketones (excluding diaryl/α,β-unsaturated/α-hetero) is 1. The van der Waals surface area contributed by atoms with E-state index in [1.54, 1.807) is 24.3 Å². The summed E-state index contributed by atoms with van der Waals surface area (Å²) < 4.78 is 0. The standard InChI is InChI=1S/C16H22ClNO2/c17-14-6-4-5-13(11-14)16(20)12-18(9-10-19)15-7-2-1-3-8-15/h4-6,11,15,19H,1-3,7-10,12H2. The molecule has 0 atom stereocenters. The van der Waals surface area contributed by atoms with Crippen LogP contribution in [0.3, 0.4) is 0 Å². The van der Waals surface area contributed by atoms with E-state index in [2.05, 4.69) is 4.90 Å². The quantitative estimate of drug-likeness (QED) is 0.820. The molecule has 1 aromatic rings. The van der Waals surface area contributed by atoms with Crippen molar-refractivity contribution < 1.29 is 9.90 Å². The zero-order valence-electron chi connectivity index (χ0n) is 11.7. The van der Waals surface area contributed by atoms with Gasteiger partial charge in [0, 0.05) is 23.2 Å². The van der Waals surface area contributed by atoms with E-state index in [0.717, 1.165) is 12.8 Å². The molecule has 0 spiro atoms. The molecule has 0 heterocycles. The van der Waals surface area contributed by atoms with Gasteiger partial charge in [0.15, 0.2) is 5.78 Å². The number of hydrogen-bond acceptors (Lipinski definition) is 3. The molecule has 0 unspecified atom stereocenters. The topological polar surface area (TPSA) is 40.5 Å². The van der Waals surface area contributed by atoms with Crippen molar-refractivity contribution in [1.29, 1.82) is 0 Å². The number of aliphatic hydroxyl groups excluding tert-OH is 1. The van der Waals surface area contributed by atoms with Crippen LogP contribution in [0.5, 0.6) is 0 Å². The van der Waals surface area contributed by atoms with Crippen LogP contribution >= 0.6 is 11.6 Å². The van der Waals surface area contributed by atoms with E-state index in [1.807, 2.05) is 0 Å². The maximum Gasteiger partial charge on any atom is 0.176 e. The molecule has 1 N–H and O–H groups in total. The van der Waals surface area contributed by atoms with Gasteiger partial charge in [-0.2, -0.15) is 0 Å². The molecule has 1 aromatic carbocycles. The molecule has 0 bridgehead atoms. The minimum absolute atomic E-state index is 0.0755. The van der Waals surface area contributed by atoms with E-state index >= 15 is 0 Å². The van der Waals surface area contributed by atoms with Crippen LogP contribution in [0.15, 0.2) is 24.3 Å². The first-order valence-electron chi connectivity index (χ1n) is 7.34. The molecule has 0 amide bonds. The van der Waals surface area contributed by atoms with Gasteiger partial charge in [0.25, 0.3) is 0 Å². The Morgan fingerprint density at radius 2 is 2.05 bits per heavy atom. The average Bonchev–Trinajstić information content (AvgIpc) is 2.47. The monoisotopic (exact) mass is 295 g/mol. The van der Waals surface area contributed by atoms with Crippen LogP contribution in [0.25, 0.3) is 0 Å². The van der Waals surface area contributed by atoms with Crippen LogP contribution in [0.2, 0.25) is 5.02 Å². The maximum absolute atomic E-state index is 12.3. The third-order valence-electron chi connectivity index (χ3n) is 3.97. The van der Waals surface area contributed by atoms with Crippen LogP contribution in [-0.4, -0.2) is 41.5 Å². The molecule has 0 aromatic heterocycles. The van der Waals surface area contributed by atoms with E-state index < -0.39 is 0 Å². The summed E-state index contributed by atoms with van der Waals surface area (Å²) in [5.74, 6) is 0.0755. The van der Waals surface area contributed by atoms with Crippen molar-refractivity contribution in [3.63, 3.8) is 0 Å². The lowest BCUT2D eigenvalue weighted by Gasteiger charge is -2.33. The fraction of sp³-hybridized carbons (Fsp3) is 0.562. The smallest absolute Gasteiger partial charge is 0.176 e. The maximum atomic E-state index is 12.3. The van der Waals surface area contributed by atoms with Crippen molar-refractivity contribution in [2.45, 2.75) is 38.1 Å². The number of aliphatic hydroxyl groups is 1. The summed E-state index contributed by atoms with van der Waals surface area (Å²) >= 11 is 5.93. The van der Waals surface area contributed by atoms with Gasteiger partial charge in [-0.05, 0) is 25.0 Å². The Hall–Kier alpha value is -0.900. The summed E-state index contributed by atoms with van der Waals surface area (Å²) in [4.78, 5) is 14.5. The Balaban J connectivity index is 2.01. The van der Waals surface area contributed by atoms with Crippen molar-refractivity contribution in [2.75, 3.05) is 19.7 Å². The van der Waals surface area contributed by atoms with Crippen LogP contribution in [0, 0.1) is 0 Å². The highest BCUT2D eigenvalue weighted by Crippen LogP contribution is 2.23. The summed E-state index contributed by atoms with van der Waals surface area (Å²) in [6, 6.07) is 7.50. The molecule has 110 valence electrons. The zero-order chi connectivity index (χ0) is 14.4. The Morgan fingerprint density at radius 1 is 1.30 bits per heavy atom. The predicted octanol–water partition coefficient (Wildman–Crippen LogP) is 3.15. The molecule has 4 heteroatoms. The van der Waals surface area contributed by atoms with Crippen LogP contribution in [-0.2, 0) is 0 Å². The molecule has 1 saturated carbocycles. The van der Waals surface area contributed by atoms with E-state index in [4.69, 9.17) is 11.6 Å². The van der Waals surface area contributed by atoms with Crippen molar-refractivity contribution in [1.82, 2.24) is 4.90 Å². The summed E-state index contributed by atoms with van der Waals surface area (Å²) in [6.07, 6.45) is 5.98. The fourth-order valence-electron chi connectivity index (χ4n) is 2.90. The first kappa shape index (κ1) is 15.5. The number of nitrogens with zero attached hydrogens (tertiary/aromatic N) is 1. The first-order chi connectivity index (χ1) is 9.70. The van der Waals surface area contributed by atoms with E-state index in [9.17, 15) is 9.90 Å². The van der Waals surface area contributed by atoms with Crippen LogP contribution in [0.4, 0.5) is 0 Å². The number of halogens is 1. The average molecular weight is 296 g/mol. The Kier molecular flexibility index (Phi) is 6.02. The zero-order valence-corrected chi connectivity index (χ0v) is 12.5. The van der Waals surface area contributed by atoms with E-state index in [-0.39, 0.29) is 12.4 Å². The van der Waals surface area contributed by atoms with Crippen molar-refractivity contribution in [2.24, 2.45) is 0 Å². The van der Waals surface area contributed by atoms with E-state index in [0.29, 0.717) is 29.7 Å². The SMILES string of the molecule is O=C(CN(CCO)C1CCCCC1)c1cccc(Cl)c1. The normalized spacial score (nSPS) is 16.6. The summed E-state index contributed by atoms with van der Waals surface area (Å²) in [6.45, 7) is 1.03. The highest BCUT2D eigenvalue weighted by Gasteiger charge is 2.23. The second-order valence-electron chi connectivity index (χ2n) is 5.42. The lowest BCUT2D eigenvalue weighted by Crippen LogP contribution is -2.41. The number of ketones is 1. The highest BCUT2D eigenvalue weighted by atomic mass is 35.5.